The number of rotatable bonds is 8. The molecule has 1 atom stereocenters. The molecule has 0 aliphatic carbocycles. The maximum absolute atomic E-state index is 12.0. The van der Waals surface area contributed by atoms with Gasteiger partial charge in [-0.05, 0) is 50.5 Å². The highest BCUT2D eigenvalue weighted by molar-refractivity contribution is 7.92. The zero-order chi connectivity index (χ0) is 21.7. The average Bonchev–Trinajstić information content (AvgIpc) is 2.72. The second kappa shape index (κ2) is 12.7. The third kappa shape index (κ3) is 7.52. The van der Waals surface area contributed by atoms with Crippen LogP contribution in [0.15, 0.2) is 48.5 Å². The molecule has 0 aromatic heterocycles. The first-order chi connectivity index (χ1) is 14.3. The molecule has 1 N–H and O–H groups in total. The van der Waals surface area contributed by atoms with Gasteiger partial charge in [-0.15, -0.1) is 24.8 Å². The molecule has 2 aromatic rings. The van der Waals surface area contributed by atoms with Gasteiger partial charge in [0.25, 0.3) is 0 Å². The number of benzene rings is 2. The third-order valence-corrected chi connectivity index (χ3v) is 6.63. The first-order valence-electron chi connectivity index (χ1n) is 10.5. The van der Waals surface area contributed by atoms with Crippen molar-refractivity contribution in [1.82, 2.24) is 10.4 Å². The minimum Gasteiger partial charge on any atom is -0.491 e. The van der Waals surface area contributed by atoms with Gasteiger partial charge in [-0.1, -0.05) is 36.8 Å². The molecule has 0 saturated carbocycles. The molecule has 1 aliphatic rings. The zero-order valence-electron chi connectivity index (χ0n) is 19.2. The zero-order valence-corrected chi connectivity index (χ0v) is 21.6. The second-order valence-electron chi connectivity index (χ2n) is 8.14. The number of hydrazine groups is 1. The van der Waals surface area contributed by atoms with E-state index in [9.17, 15) is 8.42 Å². The Balaban J connectivity index is 0.00000256. The van der Waals surface area contributed by atoms with E-state index in [1.807, 2.05) is 32.0 Å². The van der Waals surface area contributed by atoms with E-state index in [-0.39, 0.29) is 30.9 Å². The van der Waals surface area contributed by atoms with Crippen LogP contribution >= 0.6 is 24.8 Å². The lowest BCUT2D eigenvalue weighted by Gasteiger charge is -2.36. The summed E-state index contributed by atoms with van der Waals surface area (Å²) in [7, 11) is -1.76. The Morgan fingerprint density at radius 2 is 1.81 bits per heavy atom. The van der Waals surface area contributed by atoms with Gasteiger partial charge in [0.1, 0.15) is 5.75 Å². The van der Waals surface area contributed by atoms with Crippen molar-refractivity contribution in [2.24, 2.45) is 0 Å². The predicted octanol–water partition coefficient (Wildman–Crippen LogP) is 4.95. The van der Waals surface area contributed by atoms with Crippen LogP contribution in [0.2, 0.25) is 0 Å². The number of nitrogens with zero attached hydrogens (tertiary/aromatic N) is 2. The summed E-state index contributed by atoms with van der Waals surface area (Å²) in [5.41, 5.74) is 6.47. The van der Waals surface area contributed by atoms with Crippen molar-refractivity contribution in [2.45, 2.75) is 51.8 Å². The fourth-order valence-corrected chi connectivity index (χ4v) is 4.29. The van der Waals surface area contributed by atoms with E-state index in [0.29, 0.717) is 18.3 Å². The van der Waals surface area contributed by atoms with Crippen LogP contribution in [-0.2, 0) is 16.6 Å². The number of sulfonamides is 1. The summed E-state index contributed by atoms with van der Waals surface area (Å²) in [6.07, 6.45) is 4.73. The molecule has 3 rings (SSSR count). The molecule has 32 heavy (non-hydrogen) atoms. The normalized spacial score (nSPS) is 16.7. The molecule has 6 nitrogen and oxygen atoms in total. The van der Waals surface area contributed by atoms with Gasteiger partial charge in [0.2, 0.25) is 10.0 Å². The summed E-state index contributed by atoms with van der Waals surface area (Å²) in [6.45, 7) is 5.52. The van der Waals surface area contributed by atoms with Gasteiger partial charge in [0.15, 0.2) is 0 Å². The fourth-order valence-electron chi connectivity index (χ4n) is 3.79. The summed E-state index contributed by atoms with van der Waals surface area (Å²) >= 11 is 0. The number of piperidine rings is 1. The Hall–Kier alpha value is -1.51. The lowest BCUT2D eigenvalue weighted by atomic mass is 9.97. The number of ether oxygens (including phenoxy) is 1. The van der Waals surface area contributed by atoms with Crippen LogP contribution in [0.25, 0.3) is 0 Å². The molecule has 0 radical (unpaired) electrons. The third-order valence-electron chi connectivity index (χ3n) is 5.43. The van der Waals surface area contributed by atoms with E-state index in [4.69, 9.17) is 4.74 Å². The molecule has 9 heteroatoms. The van der Waals surface area contributed by atoms with Gasteiger partial charge in [-0.2, -0.15) is 0 Å². The van der Waals surface area contributed by atoms with E-state index in [2.05, 4.69) is 34.7 Å². The van der Waals surface area contributed by atoms with E-state index in [1.165, 1.54) is 22.5 Å². The number of nitrogens with one attached hydrogen (secondary N) is 1. The molecule has 180 valence electrons. The Morgan fingerprint density at radius 3 is 2.44 bits per heavy atom. The Bertz CT molecular complexity index is 943. The van der Waals surface area contributed by atoms with Gasteiger partial charge in [0.05, 0.1) is 18.0 Å². The molecule has 1 aliphatic heterocycles. The molecule has 0 spiro atoms. The highest BCUT2D eigenvalue weighted by Crippen LogP contribution is 2.31. The summed E-state index contributed by atoms with van der Waals surface area (Å²) in [6, 6.07) is 16.4. The largest absolute Gasteiger partial charge is 0.491 e. The van der Waals surface area contributed by atoms with Crippen LogP contribution in [0.5, 0.6) is 5.75 Å². The molecular weight excluding hydrogens is 469 g/mol. The van der Waals surface area contributed by atoms with Crippen LogP contribution in [0.3, 0.4) is 0 Å². The monoisotopic (exact) mass is 503 g/mol. The molecule has 2 aromatic carbocycles. The Morgan fingerprint density at radius 1 is 1.12 bits per heavy atom. The van der Waals surface area contributed by atoms with Gasteiger partial charge in [-0.25, -0.2) is 13.4 Å². The summed E-state index contributed by atoms with van der Waals surface area (Å²) in [5, 5.41) is 2.31. The van der Waals surface area contributed by atoms with Gasteiger partial charge >= 0.3 is 0 Å². The SMILES string of the molecule is CC(C)Oc1ccc(N(C)S(C)(=O)=O)cc1CNN1CCCCC1c1ccccc1.Cl.Cl. The highest BCUT2D eigenvalue weighted by atomic mass is 35.5. The Labute approximate surface area is 205 Å². The van der Waals surface area contributed by atoms with E-state index in [0.717, 1.165) is 30.7 Å². The second-order valence-corrected chi connectivity index (χ2v) is 10.2. The first-order valence-corrected chi connectivity index (χ1v) is 12.4. The first kappa shape index (κ1) is 28.5. The van der Waals surface area contributed by atoms with Crippen molar-refractivity contribution in [3.63, 3.8) is 0 Å². The van der Waals surface area contributed by atoms with Gasteiger partial charge < -0.3 is 4.74 Å². The van der Waals surface area contributed by atoms with E-state index in [1.54, 1.807) is 13.1 Å². The number of hydrogen-bond donors (Lipinski definition) is 1. The van der Waals surface area contributed by atoms with Crippen LogP contribution in [0.4, 0.5) is 5.69 Å². The number of hydrogen-bond acceptors (Lipinski definition) is 5. The van der Waals surface area contributed by atoms with Crippen molar-refractivity contribution in [3.8, 4) is 5.75 Å². The van der Waals surface area contributed by atoms with Crippen LogP contribution in [0.1, 0.15) is 50.3 Å². The Kier molecular flexibility index (Phi) is 11.3. The lowest BCUT2D eigenvalue weighted by Crippen LogP contribution is -2.43. The molecule has 1 heterocycles. The fraction of sp³-hybridized carbons (Fsp3) is 0.478. The van der Waals surface area contributed by atoms with Crippen molar-refractivity contribution in [2.75, 3.05) is 24.2 Å². The van der Waals surface area contributed by atoms with E-state index >= 15 is 0 Å². The van der Waals surface area contributed by atoms with Crippen molar-refractivity contribution < 1.29 is 13.2 Å². The molecular formula is C23H35Cl2N3O3S. The quantitative estimate of drug-likeness (QED) is 0.552. The van der Waals surface area contributed by atoms with Crippen LogP contribution in [0, 0.1) is 0 Å². The van der Waals surface area contributed by atoms with Gasteiger partial charge in [0, 0.05) is 31.7 Å². The molecule has 0 bridgehead atoms. The van der Waals surface area contributed by atoms with Crippen molar-refractivity contribution in [3.05, 3.63) is 59.7 Å². The molecule has 1 unspecified atom stereocenters. The van der Waals surface area contributed by atoms with Gasteiger partial charge in [-0.3, -0.25) is 9.73 Å². The van der Waals surface area contributed by atoms with Crippen LogP contribution < -0.4 is 14.5 Å². The smallest absolute Gasteiger partial charge is 0.231 e. The number of anilines is 1. The maximum Gasteiger partial charge on any atom is 0.231 e. The standard InChI is InChI=1S/C23H33N3O3S.2ClH/c1-18(2)29-23-14-13-21(25(3)30(4,27)28)16-20(23)17-24-26-15-9-8-12-22(26)19-10-6-5-7-11-19;;/h5-7,10-11,13-14,16,18,22,24H,8-9,12,15,17H2,1-4H3;2*1H. The van der Waals surface area contributed by atoms with Crippen LogP contribution in [-0.4, -0.2) is 39.4 Å². The summed E-state index contributed by atoms with van der Waals surface area (Å²) in [5.74, 6) is 0.774. The maximum atomic E-state index is 12.0. The predicted molar refractivity (Wildman–Crippen MR) is 137 cm³/mol. The molecule has 1 fully saturated rings. The minimum absolute atomic E-state index is 0. The average molecular weight is 505 g/mol. The topological polar surface area (TPSA) is 61.9 Å². The lowest BCUT2D eigenvalue weighted by molar-refractivity contribution is 0.0818. The van der Waals surface area contributed by atoms with E-state index < -0.39 is 10.0 Å². The number of halogens is 2. The molecule has 0 amide bonds. The summed E-state index contributed by atoms with van der Waals surface area (Å²) < 4.78 is 31.2. The van der Waals surface area contributed by atoms with Crippen molar-refractivity contribution >= 4 is 40.5 Å². The highest BCUT2D eigenvalue weighted by Gasteiger charge is 2.24. The summed E-state index contributed by atoms with van der Waals surface area (Å²) in [4.78, 5) is 0. The minimum atomic E-state index is -3.33. The molecule has 1 saturated heterocycles. The van der Waals surface area contributed by atoms with Crippen molar-refractivity contribution in [1.29, 1.82) is 0 Å².